The Morgan fingerprint density at radius 3 is 1.48 bits per heavy atom. The van der Waals surface area contributed by atoms with Gasteiger partial charge in [-0.25, -0.2) is 15.0 Å². The Balaban J connectivity index is 1.19. The highest BCUT2D eigenvalue weighted by Gasteiger charge is 2.19. The summed E-state index contributed by atoms with van der Waals surface area (Å²) in [7, 11) is 0. The molecule has 0 amide bonds. The molecule has 0 saturated carbocycles. The topological polar surface area (TPSA) is 38.7 Å². The molecule has 3 nitrogen and oxygen atoms in total. The molecule has 0 aliphatic heterocycles. The van der Waals surface area contributed by atoms with Crippen molar-refractivity contribution in [3.05, 3.63) is 224 Å². The molecular weight excluding hydrogens is 727 g/mol. The maximum absolute atomic E-state index is 9.94. The highest BCUT2D eigenvalue weighted by Crippen LogP contribution is 2.40. The fraction of sp³-hybridized carbons (Fsp3) is 0. The third-order valence-electron chi connectivity index (χ3n) is 11.2. The lowest BCUT2D eigenvalue weighted by Crippen LogP contribution is -2.01. The van der Waals surface area contributed by atoms with E-state index in [9.17, 15) is 5.48 Å². The minimum Gasteiger partial charge on any atom is -0.208 e. The van der Waals surface area contributed by atoms with Crippen LogP contribution in [0.25, 0.3) is 111 Å². The minimum absolute atomic E-state index is 0.0591. The van der Waals surface area contributed by atoms with Crippen molar-refractivity contribution in [1.29, 1.82) is 0 Å². The van der Waals surface area contributed by atoms with Crippen LogP contribution >= 0.6 is 0 Å². The van der Waals surface area contributed by atoms with Crippen LogP contribution in [-0.2, 0) is 0 Å². The predicted molar refractivity (Wildman–Crippen MR) is 250 cm³/mol. The molecule has 11 aromatic rings. The lowest BCUT2D eigenvalue weighted by atomic mass is 9.91. The van der Waals surface area contributed by atoms with Crippen LogP contribution in [0.2, 0.25) is 0 Å². The zero-order valence-electron chi connectivity index (χ0n) is 36.4. The number of hydrogen-bond donors (Lipinski definition) is 0. The van der Waals surface area contributed by atoms with Crippen molar-refractivity contribution in [2.45, 2.75) is 0 Å². The quantitative estimate of drug-likeness (QED) is 0.162. The summed E-state index contributed by atoms with van der Waals surface area (Å²) in [5.74, 6) is 0.796. The SMILES string of the molecule is [2H]c1c([2H])c(-c2nc(-c3cc(-c4ccccc4)c4ccccc4c3)nc(-c3ccccc3-c3cccc4ccccc34)n2)c([2H])c(-c2ccc(-c3ccccc3)c3ccccc23)c1[2H]. The van der Waals surface area contributed by atoms with Crippen molar-refractivity contribution in [2.24, 2.45) is 0 Å². The van der Waals surface area contributed by atoms with Gasteiger partial charge < -0.3 is 0 Å². The van der Waals surface area contributed by atoms with Crippen LogP contribution in [0.3, 0.4) is 0 Å². The van der Waals surface area contributed by atoms with Crippen molar-refractivity contribution in [2.75, 3.05) is 0 Å². The van der Waals surface area contributed by atoms with E-state index in [2.05, 4.69) is 78.9 Å². The molecule has 1 aromatic heterocycles. The zero-order chi connectivity index (χ0) is 43.3. The van der Waals surface area contributed by atoms with Gasteiger partial charge in [-0.2, -0.15) is 0 Å². The maximum Gasteiger partial charge on any atom is 0.164 e. The normalized spacial score (nSPS) is 12.3. The van der Waals surface area contributed by atoms with Gasteiger partial charge in [-0.1, -0.05) is 206 Å². The highest BCUT2D eigenvalue weighted by molar-refractivity contribution is 6.05. The smallest absolute Gasteiger partial charge is 0.164 e. The summed E-state index contributed by atoms with van der Waals surface area (Å²) in [6.45, 7) is 0. The number of hydrogen-bond acceptors (Lipinski definition) is 3. The first-order chi connectivity index (χ1) is 31.4. The average molecular weight is 768 g/mol. The Hall–Kier alpha value is -8.01. The van der Waals surface area contributed by atoms with E-state index in [1.807, 2.05) is 121 Å². The van der Waals surface area contributed by atoms with Gasteiger partial charge in [-0.05, 0) is 95.0 Å². The first-order valence-electron chi connectivity index (χ1n) is 22.0. The van der Waals surface area contributed by atoms with E-state index in [4.69, 9.17) is 15.0 Å². The molecule has 10 aromatic carbocycles. The Kier molecular flexibility index (Phi) is 7.79. The largest absolute Gasteiger partial charge is 0.208 e. The molecule has 1 heterocycles. The van der Waals surface area contributed by atoms with Gasteiger partial charge in [0.1, 0.15) is 0 Å². The number of nitrogens with zero attached hydrogens (tertiary/aromatic N) is 3. The molecule has 0 saturated heterocycles. The Morgan fingerprint density at radius 1 is 0.283 bits per heavy atom. The lowest BCUT2D eigenvalue weighted by molar-refractivity contribution is 1.07. The highest BCUT2D eigenvalue weighted by atomic mass is 15.0. The molecule has 0 aliphatic carbocycles. The fourth-order valence-electron chi connectivity index (χ4n) is 8.38. The van der Waals surface area contributed by atoms with Gasteiger partial charge in [0.2, 0.25) is 0 Å². The van der Waals surface area contributed by atoms with Gasteiger partial charge in [-0.15, -0.1) is 0 Å². The van der Waals surface area contributed by atoms with Crippen molar-refractivity contribution in [1.82, 2.24) is 15.0 Å². The van der Waals surface area contributed by atoms with Gasteiger partial charge in [0.05, 0.1) is 5.48 Å². The summed E-state index contributed by atoms with van der Waals surface area (Å²) in [6.07, 6.45) is 0. The van der Waals surface area contributed by atoms with Gasteiger partial charge in [0, 0.05) is 16.7 Å². The van der Waals surface area contributed by atoms with Gasteiger partial charge >= 0.3 is 0 Å². The van der Waals surface area contributed by atoms with E-state index in [0.717, 1.165) is 76.8 Å². The molecular formula is C57H37N3. The summed E-state index contributed by atoms with van der Waals surface area (Å²) in [5.41, 5.74) is 8.44. The Morgan fingerprint density at radius 2 is 0.767 bits per heavy atom. The standard InChI is InChI=1S/C57H37N3/c1-3-17-38(18-4-1)47-33-34-48(50-29-12-11-28-49(47)50)42-24-15-25-43(35-42)55-58-56(44-36-41-22-8-10-27-46(41)54(37-44)40-19-5-2-6-20-40)60-57(59-55)53-31-14-13-30-52(53)51-32-16-23-39-21-7-9-26-45(39)51/h1-37H/i15D,24D,25D,35D. The van der Waals surface area contributed by atoms with Gasteiger partial charge in [0.25, 0.3) is 0 Å². The lowest BCUT2D eigenvalue weighted by Gasteiger charge is -2.15. The summed E-state index contributed by atoms with van der Waals surface area (Å²) in [4.78, 5) is 15.5. The van der Waals surface area contributed by atoms with E-state index in [-0.39, 0.29) is 41.1 Å². The summed E-state index contributed by atoms with van der Waals surface area (Å²) in [5, 5.41) is 6.05. The van der Waals surface area contributed by atoms with Crippen molar-refractivity contribution >= 4 is 32.3 Å². The molecule has 3 heteroatoms. The van der Waals surface area contributed by atoms with E-state index in [1.54, 1.807) is 0 Å². The summed E-state index contributed by atoms with van der Waals surface area (Å²) < 4.78 is 37.9. The molecule has 0 atom stereocenters. The monoisotopic (exact) mass is 767 g/mol. The molecule has 0 radical (unpaired) electrons. The summed E-state index contributed by atoms with van der Waals surface area (Å²) >= 11 is 0. The molecule has 0 unspecified atom stereocenters. The Bertz CT molecular complexity index is 3610. The summed E-state index contributed by atoms with van der Waals surface area (Å²) in [6, 6.07) is 66.3. The second-order valence-corrected chi connectivity index (χ2v) is 14.8. The predicted octanol–water partition coefficient (Wildman–Crippen LogP) is 15.0. The third kappa shape index (κ3) is 6.39. The second-order valence-electron chi connectivity index (χ2n) is 14.8. The minimum atomic E-state index is -0.311. The second kappa shape index (κ2) is 15.1. The molecule has 0 bridgehead atoms. The first kappa shape index (κ1) is 31.0. The van der Waals surface area contributed by atoms with Gasteiger partial charge in [0.15, 0.2) is 17.5 Å². The van der Waals surface area contributed by atoms with Crippen LogP contribution in [-0.4, -0.2) is 15.0 Å². The number of rotatable bonds is 7. The molecule has 280 valence electrons. The van der Waals surface area contributed by atoms with Crippen LogP contribution in [0.4, 0.5) is 0 Å². The van der Waals surface area contributed by atoms with Crippen molar-refractivity contribution in [3.8, 4) is 78.7 Å². The first-order valence-corrected chi connectivity index (χ1v) is 20.0. The molecule has 0 spiro atoms. The van der Waals surface area contributed by atoms with E-state index in [1.165, 1.54) is 0 Å². The molecule has 0 aliphatic rings. The van der Waals surface area contributed by atoms with Crippen LogP contribution in [0.15, 0.2) is 224 Å². The van der Waals surface area contributed by atoms with Crippen molar-refractivity contribution in [3.63, 3.8) is 0 Å². The number of aromatic nitrogens is 3. The fourth-order valence-corrected chi connectivity index (χ4v) is 8.38. The molecule has 0 fully saturated rings. The van der Waals surface area contributed by atoms with E-state index in [0.29, 0.717) is 17.2 Å². The average Bonchev–Trinajstić information content (AvgIpc) is 3.35. The zero-order valence-corrected chi connectivity index (χ0v) is 32.4. The third-order valence-corrected chi connectivity index (χ3v) is 11.2. The van der Waals surface area contributed by atoms with Gasteiger partial charge in [-0.3, -0.25) is 0 Å². The maximum atomic E-state index is 9.94. The molecule has 0 N–H and O–H groups in total. The van der Waals surface area contributed by atoms with Crippen LogP contribution in [0, 0.1) is 0 Å². The number of fused-ring (bicyclic) bond motifs is 3. The Labute approximate surface area is 354 Å². The molecule has 11 rings (SSSR count). The van der Waals surface area contributed by atoms with Crippen molar-refractivity contribution < 1.29 is 5.48 Å². The molecule has 60 heavy (non-hydrogen) atoms. The van der Waals surface area contributed by atoms with Crippen LogP contribution < -0.4 is 0 Å². The van der Waals surface area contributed by atoms with E-state index >= 15 is 0 Å². The van der Waals surface area contributed by atoms with Crippen LogP contribution in [0.1, 0.15) is 5.48 Å². The number of benzene rings is 10. The van der Waals surface area contributed by atoms with E-state index < -0.39 is 0 Å². The van der Waals surface area contributed by atoms with Crippen LogP contribution in [0.5, 0.6) is 0 Å².